The summed E-state index contributed by atoms with van der Waals surface area (Å²) in [5.41, 5.74) is 0.800. The van der Waals surface area contributed by atoms with Gasteiger partial charge in [-0.05, 0) is 31.1 Å². The lowest BCUT2D eigenvalue weighted by atomic mass is 9.88. The average Bonchev–Trinajstić information content (AvgIpc) is 3.28. The van der Waals surface area contributed by atoms with Gasteiger partial charge in [-0.1, -0.05) is 6.42 Å². The van der Waals surface area contributed by atoms with Gasteiger partial charge in [0.15, 0.2) is 5.65 Å². The van der Waals surface area contributed by atoms with Crippen molar-refractivity contribution in [2.75, 3.05) is 18.4 Å². The lowest BCUT2D eigenvalue weighted by Crippen LogP contribution is -2.36. The van der Waals surface area contributed by atoms with Gasteiger partial charge in [-0.3, -0.25) is 9.48 Å². The van der Waals surface area contributed by atoms with E-state index in [-0.39, 0.29) is 11.8 Å². The van der Waals surface area contributed by atoms with E-state index < -0.39 is 0 Å². The van der Waals surface area contributed by atoms with Crippen molar-refractivity contribution in [3.63, 3.8) is 0 Å². The minimum atomic E-state index is 0.230. The highest BCUT2D eigenvalue weighted by molar-refractivity contribution is 5.86. The Morgan fingerprint density at radius 3 is 3.00 bits per heavy atom. The maximum absolute atomic E-state index is 12.3. The molecule has 2 aromatic heterocycles. The van der Waals surface area contributed by atoms with Crippen molar-refractivity contribution < 1.29 is 4.79 Å². The molecule has 2 aromatic rings. The third-order valence-corrected chi connectivity index (χ3v) is 5.32. The molecule has 3 atom stereocenters. The lowest BCUT2D eigenvalue weighted by molar-refractivity contribution is -0.126. The molecule has 2 aliphatic rings. The summed E-state index contributed by atoms with van der Waals surface area (Å²) in [4.78, 5) is 20.8. The van der Waals surface area contributed by atoms with Crippen LogP contribution in [0.15, 0.2) is 12.5 Å². The van der Waals surface area contributed by atoms with Crippen LogP contribution in [0.1, 0.15) is 25.7 Å². The number of rotatable bonds is 5. The van der Waals surface area contributed by atoms with Crippen LogP contribution in [0.3, 0.4) is 0 Å². The molecular formula is C16H22N6O. The number of hydrogen-bond donors (Lipinski definition) is 2. The largest absolute Gasteiger partial charge is 0.368 e. The van der Waals surface area contributed by atoms with Gasteiger partial charge in [-0.2, -0.15) is 5.10 Å². The Bertz CT molecular complexity index is 726. The molecule has 2 saturated carbocycles. The van der Waals surface area contributed by atoms with Gasteiger partial charge in [-0.15, -0.1) is 0 Å². The molecular weight excluding hydrogens is 292 g/mol. The zero-order valence-electron chi connectivity index (χ0n) is 13.3. The molecule has 0 saturated heterocycles. The normalized spacial score (nSPS) is 25.9. The first-order chi connectivity index (χ1) is 11.2. The van der Waals surface area contributed by atoms with E-state index in [2.05, 4.69) is 25.7 Å². The fourth-order valence-electron chi connectivity index (χ4n) is 4.17. The summed E-state index contributed by atoms with van der Waals surface area (Å²) in [6.07, 6.45) is 8.19. The molecule has 0 aromatic carbocycles. The molecule has 2 bridgehead atoms. The molecule has 122 valence electrons. The van der Waals surface area contributed by atoms with Gasteiger partial charge in [0.1, 0.15) is 12.1 Å². The molecule has 4 rings (SSSR count). The van der Waals surface area contributed by atoms with Crippen LogP contribution in [0, 0.1) is 17.8 Å². The fourth-order valence-corrected chi connectivity index (χ4v) is 4.17. The van der Waals surface area contributed by atoms with E-state index in [0.717, 1.165) is 29.2 Å². The second-order valence-electron chi connectivity index (χ2n) is 6.73. The summed E-state index contributed by atoms with van der Waals surface area (Å²) in [5, 5.41) is 11.4. The minimum Gasteiger partial charge on any atom is -0.368 e. The lowest BCUT2D eigenvalue weighted by Gasteiger charge is -2.20. The Morgan fingerprint density at radius 1 is 1.30 bits per heavy atom. The van der Waals surface area contributed by atoms with Crippen molar-refractivity contribution in [1.29, 1.82) is 0 Å². The van der Waals surface area contributed by atoms with Crippen LogP contribution >= 0.6 is 0 Å². The van der Waals surface area contributed by atoms with Crippen molar-refractivity contribution in [2.24, 2.45) is 24.8 Å². The monoisotopic (exact) mass is 314 g/mol. The molecule has 2 N–H and O–H groups in total. The van der Waals surface area contributed by atoms with E-state index in [1.54, 1.807) is 10.9 Å². The van der Waals surface area contributed by atoms with Gasteiger partial charge in [-0.25, -0.2) is 9.97 Å². The Kier molecular flexibility index (Phi) is 3.63. The second-order valence-corrected chi connectivity index (χ2v) is 6.73. The summed E-state index contributed by atoms with van der Waals surface area (Å²) >= 11 is 0. The van der Waals surface area contributed by atoms with Crippen LogP contribution in [-0.4, -0.2) is 38.7 Å². The molecule has 0 aliphatic heterocycles. The second kappa shape index (κ2) is 5.79. The van der Waals surface area contributed by atoms with Crippen molar-refractivity contribution in [1.82, 2.24) is 25.1 Å². The first kappa shape index (κ1) is 14.4. The maximum Gasteiger partial charge on any atom is 0.223 e. The first-order valence-corrected chi connectivity index (χ1v) is 8.36. The van der Waals surface area contributed by atoms with E-state index in [9.17, 15) is 4.79 Å². The summed E-state index contributed by atoms with van der Waals surface area (Å²) in [5.74, 6) is 2.67. The van der Waals surface area contributed by atoms with Gasteiger partial charge >= 0.3 is 0 Å². The van der Waals surface area contributed by atoms with E-state index in [1.165, 1.54) is 25.6 Å². The van der Waals surface area contributed by atoms with E-state index in [0.29, 0.717) is 19.0 Å². The third-order valence-electron chi connectivity index (χ3n) is 5.32. The molecule has 7 nitrogen and oxygen atoms in total. The fraction of sp³-hybridized carbons (Fsp3) is 0.625. The highest BCUT2D eigenvalue weighted by atomic mass is 16.1. The number of carbonyl (C=O) groups is 1. The van der Waals surface area contributed by atoms with E-state index in [1.807, 2.05) is 7.05 Å². The Morgan fingerprint density at radius 2 is 2.22 bits per heavy atom. The van der Waals surface area contributed by atoms with Crippen molar-refractivity contribution >= 4 is 22.8 Å². The standard InChI is InChI=1S/C16H22N6O/c1-22-15-13(8-21-22)14(19-9-20-15)17-4-5-18-16(23)12-7-10-2-3-11(12)6-10/h8-12H,2-7H2,1H3,(H,18,23)(H,17,19,20)/t10-,11-,12-/m0/s1. The van der Waals surface area contributed by atoms with Crippen LogP contribution in [0.2, 0.25) is 0 Å². The number of carbonyl (C=O) groups excluding carboxylic acids is 1. The number of nitrogens with zero attached hydrogens (tertiary/aromatic N) is 4. The van der Waals surface area contributed by atoms with Crippen molar-refractivity contribution in [3.8, 4) is 0 Å². The molecule has 0 spiro atoms. The van der Waals surface area contributed by atoms with Crippen LogP contribution in [-0.2, 0) is 11.8 Å². The van der Waals surface area contributed by atoms with Gasteiger partial charge in [0, 0.05) is 26.1 Å². The first-order valence-electron chi connectivity index (χ1n) is 8.36. The summed E-state index contributed by atoms with van der Waals surface area (Å²) < 4.78 is 1.72. The molecule has 7 heteroatoms. The summed E-state index contributed by atoms with van der Waals surface area (Å²) in [6.45, 7) is 1.26. The quantitative estimate of drug-likeness (QED) is 0.813. The number of nitrogens with one attached hydrogen (secondary N) is 2. The van der Waals surface area contributed by atoms with Crippen molar-refractivity contribution in [2.45, 2.75) is 25.7 Å². The van der Waals surface area contributed by atoms with Gasteiger partial charge < -0.3 is 10.6 Å². The summed E-state index contributed by atoms with van der Waals surface area (Å²) in [7, 11) is 1.86. The van der Waals surface area contributed by atoms with Gasteiger partial charge in [0.25, 0.3) is 0 Å². The number of anilines is 1. The molecule has 1 amide bonds. The Hall–Kier alpha value is -2.18. The highest BCUT2D eigenvalue weighted by Crippen LogP contribution is 2.48. The predicted molar refractivity (Wildman–Crippen MR) is 86.7 cm³/mol. The Labute approximate surface area is 134 Å². The molecule has 0 radical (unpaired) electrons. The zero-order valence-corrected chi connectivity index (χ0v) is 13.3. The highest BCUT2D eigenvalue weighted by Gasteiger charge is 2.42. The summed E-state index contributed by atoms with van der Waals surface area (Å²) in [6, 6.07) is 0. The van der Waals surface area contributed by atoms with Crippen LogP contribution in [0.5, 0.6) is 0 Å². The number of aromatic nitrogens is 4. The molecule has 2 heterocycles. The predicted octanol–water partition coefficient (Wildman–Crippen LogP) is 1.33. The van der Waals surface area contributed by atoms with Crippen LogP contribution in [0.25, 0.3) is 11.0 Å². The number of aryl methyl sites for hydroxylation is 1. The van der Waals surface area contributed by atoms with E-state index >= 15 is 0 Å². The van der Waals surface area contributed by atoms with E-state index in [4.69, 9.17) is 0 Å². The number of hydrogen-bond acceptors (Lipinski definition) is 5. The SMILES string of the molecule is Cn1ncc2c(NCCNC(=O)[C@H]3C[C@H]4CC[C@H]3C4)ncnc21. The molecule has 2 fully saturated rings. The zero-order chi connectivity index (χ0) is 15.8. The molecule has 0 unspecified atom stereocenters. The Balaban J connectivity index is 1.29. The smallest absolute Gasteiger partial charge is 0.223 e. The van der Waals surface area contributed by atoms with Crippen molar-refractivity contribution in [3.05, 3.63) is 12.5 Å². The third kappa shape index (κ3) is 2.64. The topological polar surface area (TPSA) is 84.7 Å². The van der Waals surface area contributed by atoms with Gasteiger partial charge in [0.2, 0.25) is 5.91 Å². The molecule has 23 heavy (non-hydrogen) atoms. The molecule has 2 aliphatic carbocycles. The number of amides is 1. The van der Waals surface area contributed by atoms with Crippen LogP contribution in [0.4, 0.5) is 5.82 Å². The average molecular weight is 314 g/mol. The maximum atomic E-state index is 12.3. The van der Waals surface area contributed by atoms with Crippen LogP contribution < -0.4 is 10.6 Å². The number of fused-ring (bicyclic) bond motifs is 3. The minimum absolute atomic E-state index is 0.230. The van der Waals surface area contributed by atoms with Gasteiger partial charge in [0.05, 0.1) is 11.6 Å².